The van der Waals surface area contributed by atoms with Crippen LogP contribution in [-0.4, -0.2) is 37.3 Å². The van der Waals surface area contributed by atoms with E-state index in [-0.39, 0.29) is 0 Å². The standard InChI is InChI=1S/C11H23N3O2S2/c1-10-5-8-14(9-6-10)18(15,16)13-7-3-2-4-11(12)17/h10,13H,2-9H2,1H3,(H2,12,17). The second-order valence-electron chi connectivity index (χ2n) is 4.90. The number of nitrogens with two attached hydrogens (primary N) is 1. The third-order valence-corrected chi connectivity index (χ3v) is 5.03. The summed E-state index contributed by atoms with van der Waals surface area (Å²) in [5.74, 6) is 0.627. The molecule has 1 rings (SSSR count). The highest BCUT2D eigenvalue weighted by atomic mass is 32.2. The fraction of sp³-hybridized carbons (Fsp3) is 0.909. The van der Waals surface area contributed by atoms with Gasteiger partial charge >= 0.3 is 0 Å². The first kappa shape index (κ1) is 15.8. The van der Waals surface area contributed by atoms with Crippen LogP contribution in [-0.2, 0) is 10.2 Å². The molecule has 1 heterocycles. The molecule has 0 spiro atoms. The van der Waals surface area contributed by atoms with Gasteiger partial charge in [-0.15, -0.1) is 0 Å². The van der Waals surface area contributed by atoms with Gasteiger partial charge in [0.1, 0.15) is 0 Å². The van der Waals surface area contributed by atoms with E-state index < -0.39 is 10.2 Å². The van der Waals surface area contributed by atoms with Gasteiger partial charge in [0.25, 0.3) is 10.2 Å². The van der Waals surface area contributed by atoms with Gasteiger partial charge < -0.3 is 5.73 Å². The Kier molecular flexibility index (Phi) is 6.48. The maximum atomic E-state index is 12.0. The first-order chi connectivity index (χ1) is 8.42. The fourth-order valence-electron chi connectivity index (χ4n) is 1.94. The summed E-state index contributed by atoms with van der Waals surface area (Å²) in [6.07, 6.45) is 4.17. The monoisotopic (exact) mass is 293 g/mol. The number of piperidine rings is 1. The molecule has 7 heteroatoms. The molecule has 0 unspecified atom stereocenters. The molecule has 106 valence electrons. The average molecular weight is 293 g/mol. The zero-order chi connectivity index (χ0) is 13.6. The van der Waals surface area contributed by atoms with E-state index in [1.165, 1.54) is 0 Å². The van der Waals surface area contributed by atoms with Gasteiger partial charge in [-0.1, -0.05) is 19.1 Å². The van der Waals surface area contributed by atoms with Crippen LogP contribution in [0.1, 0.15) is 39.0 Å². The summed E-state index contributed by atoms with van der Waals surface area (Å²) in [7, 11) is -3.29. The number of nitrogens with zero attached hydrogens (tertiary/aromatic N) is 1. The summed E-state index contributed by atoms with van der Waals surface area (Å²) in [5, 5.41) is 0. The minimum Gasteiger partial charge on any atom is -0.393 e. The van der Waals surface area contributed by atoms with E-state index in [1.54, 1.807) is 4.31 Å². The van der Waals surface area contributed by atoms with Crippen molar-refractivity contribution >= 4 is 27.4 Å². The van der Waals surface area contributed by atoms with Gasteiger partial charge in [-0.25, -0.2) is 4.72 Å². The van der Waals surface area contributed by atoms with Crippen molar-refractivity contribution in [3.05, 3.63) is 0 Å². The zero-order valence-corrected chi connectivity index (χ0v) is 12.5. The van der Waals surface area contributed by atoms with Crippen LogP contribution in [0.3, 0.4) is 0 Å². The molecule has 1 aliphatic heterocycles. The third-order valence-electron chi connectivity index (χ3n) is 3.22. The average Bonchev–Trinajstić information content (AvgIpc) is 2.28. The minimum atomic E-state index is -3.29. The molecule has 1 aliphatic rings. The zero-order valence-electron chi connectivity index (χ0n) is 10.9. The predicted molar refractivity (Wildman–Crippen MR) is 77.5 cm³/mol. The highest BCUT2D eigenvalue weighted by Crippen LogP contribution is 2.17. The first-order valence-corrected chi connectivity index (χ1v) is 8.29. The van der Waals surface area contributed by atoms with Gasteiger partial charge in [0, 0.05) is 19.6 Å². The number of unbranched alkanes of at least 4 members (excludes halogenated alkanes) is 1. The highest BCUT2D eigenvalue weighted by molar-refractivity contribution is 7.87. The minimum absolute atomic E-state index is 0.455. The highest BCUT2D eigenvalue weighted by Gasteiger charge is 2.25. The van der Waals surface area contributed by atoms with Gasteiger partial charge in [-0.05, 0) is 38.0 Å². The molecule has 1 saturated heterocycles. The molecule has 0 saturated carbocycles. The van der Waals surface area contributed by atoms with Crippen LogP contribution < -0.4 is 10.5 Å². The number of thiocarbonyl (C=S) groups is 1. The lowest BCUT2D eigenvalue weighted by atomic mass is 10.0. The van der Waals surface area contributed by atoms with Crippen LogP contribution >= 0.6 is 12.2 Å². The topological polar surface area (TPSA) is 75.4 Å². The van der Waals surface area contributed by atoms with Gasteiger partial charge in [-0.3, -0.25) is 0 Å². The van der Waals surface area contributed by atoms with Gasteiger partial charge in [0.15, 0.2) is 0 Å². The van der Waals surface area contributed by atoms with Crippen molar-refractivity contribution in [2.75, 3.05) is 19.6 Å². The molecule has 18 heavy (non-hydrogen) atoms. The van der Waals surface area contributed by atoms with Crippen LogP contribution in [0, 0.1) is 5.92 Å². The SMILES string of the molecule is CC1CCN(S(=O)(=O)NCCCCC(N)=S)CC1. The molecular weight excluding hydrogens is 270 g/mol. The lowest BCUT2D eigenvalue weighted by Crippen LogP contribution is -2.44. The van der Waals surface area contributed by atoms with Gasteiger partial charge in [0.2, 0.25) is 0 Å². The predicted octanol–water partition coefficient (Wildman–Crippen LogP) is 1.01. The molecule has 0 amide bonds. The largest absolute Gasteiger partial charge is 0.393 e. The van der Waals surface area contributed by atoms with Crippen LogP contribution in [0.4, 0.5) is 0 Å². The summed E-state index contributed by atoms with van der Waals surface area (Å²) in [4.78, 5) is 0.489. The molecule has 0 aromatic heterocycles. The summed E-state index contributed by atoms with van der Waals surface area (Å²) in [6.45, 7) is 3.87. The van der Waals surface area contributed by atoms with Crippen molar-refractivity contribution in [3.8, 4) is 0 Å². The van der Waals surface area contributed by atoms with Crippen molar-refractivity contribution in [3.63, 3.8) is 0 Å². The Balaban J connectivity index is 2.25. The number of hydrogen-bond acceptors (Lipinski definition) is 3. The summed E-state index contributed by atoms with van der Waals surface area (Å²) in [5.41, 5.74) is 5.37. The molecule has 0 bridgehead atoms. The second-order valence-corrected chi connectivity index (χ2v) is 7.18. The molecule has 0 radical (unpaired) electrons. The van der Waals surface area contributed by atoms with Gasteiger partial charge in [0.05, 0.1) is 4.99 Å². The van der Waals surface area contributed by atoms with E-state index in [0.717, 1.165) is 25.7 Å². The Labute approximate surface area is 115 Å². The quantitative estimate of drug-likeness (QED) is 0.542. The fourth-order valence-corrected chi connectivity index (χ4v) is 3.36. The van der Waals surface area contributed by atoms with E-state index in [2.05, 4.69) is 11.6 Å². The van der Waals surface area contributed by atoms with E-state index >= 15 is 0 Å². The normalized spacial score (nSPS) is 18.9. The molecule has 0 atom stereocenters. The molecule has 0 aliphatic carbocycles. The van der Waals surface area contributed by atoms with Crippen molar-refractivity contribution in [2.24, 2.45) is 11.7 Å². The Morgan fingerprint density at radius 1 is 1.39 bits per heavy atom. The van der Waals surface area contributed by atoms with Crippen molar-refractivity contribution < 1.29 is 8.42 Å². The van der Waals surface area contributed by atoms with Crippen molar-refractivity contribution in [1.29, 1.82) is 0 Å². The maximum absolute atomic E-state index is 12.0. The number of rotatable bonds is 7. The summed E-state index contributed by atoms with van der Waals surface area (Å²) >= 11 is 4.76. The number of nitrogens with one attached hydrogen (secondary N) is 1. The Bertz CT molecular complexity index is 362. The molecule has 0 aromatic rings. The summed E-state index contributed by atoms with van der Waals surface area (Å²) < 4.78 is 28.1. The van der Waals surface area contributed by atoms with Crippen molar-refractivity contribution in [2.45, 2.75) is 39.0 Å². The van der Waals surface area contributed by atoms with E-state index in [0.29, 0.717) is 37.0 Å². The van der Waals surface area contributed by atoms with Gasteiger partial charge in [-0.2, -0.15) is 12.7 Å². The van der Waals surface area contributed by atoms with Crippen LogP contribution in [0.25, 0.3) is 0 Å². The van der Waals surface area contributed by atoms with Crippen LogP contribution in [0.15, 0.2) is 0 Å². The summed E-state index contributed by atoms with van der Waals surface area (Å²) in [6, 6.07) is 0. The first-order valence-electron chi connectivity index (χ1n) is 6.45. The third kappa shape index (κ3) is 5.60. The molecular formula is C11H23N3O2S2. The molecule has 3 N–H and O–H groups in total. The van der Waals surface area contributed by atoms with Crippen LogP contribution in [0.2, 0.25) is 0 Å². The Hall–Kier alpha value is -0.240. The lowest BCUT2D eigenvalue weighted by molar-refractivity contribution is 0.285. The smallest absolute Gasteiger partial charge is 0.279 e. The molecule has 1 fully saturated rings. The lowest BCUT2D eigenvalue weighted by Gasteiger charge is -2.29. The molecule has 5 nitrogen and oxygen atoms in total. The van der Waals surface area contributed by atoms with E-state index in [9.17, 15) is 8.42 Å². The molecule has 0 aromatic carbocycles. The van der Waals surface area contributed by atoms with E-state index in [1.807, 2.05) is 0 Å². The van der Waals surface area contributed by atoms with Crippen LogP contribution in [0.5, 0.6) is 0 Å². The maximum Gasteiger partial charge on any atom is 0.279 e. The van der Waals surface area contributed by atoms with E-state index in [4.69, 9.17) is 18.0 Å². The van der Waals surface area contributed by atoms with Crippen molar-refractivity contribution in [1.82, 2.24) is 9.03 Å². The second kappa shape index (κ2) is 7.37. The Morgan fingerprint density at radius 3 is 2.56 bits per heavy atom. The Morgan fingerprint density at radius 2 is 2.00 bits per heavy atom. The number of hydrogen-bond donors (Lipinski definition) is 2.